The van der Waals surface area contributed by atoms with Crippen molar-refractivity contribution in [3.05, 3.63) is 34.6 Å². The van der Waals surface area contributed by atoms with Crippen molar-refractivity contribution in [1.82, 2.24) is 0 Å². The van der Waals surface area contributed by atoms with E-state index < -0.39 is 29.7 Å². The van der Waals surface area contributed by atoms with Crippen LogP contribution in [-0.4, -0.2) is 5.11 Å². The van der Waals surface area contributed by atoms with Gasteiger partial charge in [-0.05, 0) is 17.7 Å². The molecule has 0 fully saturated rings. The Morgan fingerprint density at radius 3 is 2.33 bits per heavy atom. The van der Waals surface area contributed by atoms with Gasteiger partial charge in [-0.3, -0.25) is 0 Å². The van der Waals surface area contributed by atoms with E-state index in [0.717, 1.165) is 0 Å². The summed E-state index contributed by atoms with van der Waals surface area (Å²) in [5, 5.41) is 17.1. The van der Waals surface area contributed by atoms with Crippen molar-refractivity contribution in [2.45, 2.75) is 12.8 Å². The van der Waals surface area contributed by atoms with E-state index in [1.54, 1.807) is 0 Å². The van der Waals surface area contributed by atoms with Gasteiger partial charge in [-0.15, -0.1) is 0 Å². The maximum Gasteiger partial charge on any atom is 0.416 e. The third kappa shape index (κ3) is 2.25. The smallest absolute Gasteiger partial charge is 0.392 e. The first kappa shape index (κ1) is 11.5. The van der Waals surface area contributed by atoms with E-state index in [-0.39, 0.29) is 11.6 Å². The van der Waals surface area contributed by atoms with Crippen LogP contribution < -0.4 is 0 Å². The van der Waals surface area contributed by atoms with Gasteiger partial charge in [0.05, 0.1) is 17.7 Å². The second kappa shape index (κ2) is 3.87. The van der Waals surface area contributed by atoms with Crippen LogP contribution in [0, 0.1) is 17.1 Å². The predicted molar refractivity (Wildman–Crippen MR) is 42.0 cm³/mol. The first-order chi connectivity index (χ1) is 6.90. The van der Waals surface area contributed by atoms with Crippen LogP contribution >= 0.6 is 0 Å². The molecular formula is C9H5F4NO. The summed E-state index contributed by atoms with van der Waals surface area (Å²) in [5.41, 5.74) is -2.15. The Morgan fingerprint density at radius 2 is 1.93 bits per heavy atom. The van der Waals surface area contributed by atoms with Gasteiger partial charge >= 0.3 is 6.18 Å². The van der Waals surface area contributed by atoms with Crippen LogP contribution in [0.25, 0.3) is 0 Å². The molecule has 0 aliphatic carbocycles. The van der Waals surface area contributed by atoms with Crippen molar-refractivity contribution in [3.63, 3.8) is 0 Å². The molecule has 0 radical (unpaired) electrons. The molecule has 6 heteroatoms. The Kier molecular flexibility index (Phi) is 2.95. The lowest BCUT2D eigenvalue weighted by molar-refractivity contribution is -0.137. The number of aliphatic hydroxyl groups is 1. The summed E-state index contributed by atoms with van der Waals surface area (Å²) in [6.45, 7) is -0.816. The van der Waals surface area contributed by atoms with Gasteiger partial charge in [-0.2, -0.15) is 18.4 Å². The molecular weight excluding hydrogens is 214 g/mol. The van der Waals surface area contributed by atoms with Gasteiger partial charge in [-0.1, -0.05) is 0 Å². The van der Waals surface area contributed by atoms with Crippen LogP contribution in [0.15, 0.2) is 12.1 Å². The lowest BCUT2D eigenvalue weighted by Crippen LogP contribution is -2.08. The Balaban J connectivity index is 3.40. The first-order valence-corrected chi connectivity index (χ1v) is 3.80. The Labute approximate surface area is 82.4 Å². The number of benzene rings is 1. The number of rotatable bonds is 1. The molecule has 0 aromatic heterocycles. The molecule has 80 valence electrons. The fourth-order valence-corrected chi connectivity index (χ4v) is 1.08. The molecule has 0 unspecified atom stereocenters. The van der Waals surface area contributed by atoms with E-state index in [1.165, 1.54) is 6.07 Å². The van der Waals surface area contributed by atoms with E-state index in [9.17, 15) is 17.6 Å². The molecule has 0 aliphatic heterocycles. The van der Waals surface area contributed by atoms with Crippen molar-refractivity contribution in [3.8, 4) is 6.07 Å². The van der Waals surface area contributed by atoms with E-state index in [1.807, 2.05) is 0 Å². The molecule has 15 heavy (non-hydrogen) atoms. The van der Waals surface area contributed by atoms with Crippen LogP contribution in [-0.2, 0) is 12.8 Å². The Bertz CT molecular complexity index is 419. The summed E-state index contributed by atoms with van der Waals surface area (Å²) in [4.78, 5) is 0. The molecule has 1 aromatic rings. The number of alkyl halides is 3. The van der Waals surface area contributed by atoms with Gasteiger partial charge in [0, 0.05) is 0 Å². The van der Waals surface area contributed by atoms with Crippen LogP contribution in [0.3, 0.4) is 0 Å². The topological polar surface area (TPSA) is 44.0 Å². The highest BCUT2D eigenvalue weighted by molar-refractivity contribution is 5.42. The molecule has 0 heterocycles. The van der Waals surface area contributed by atoms with Gasteiger partial charge in [0.15, 0.2) is 0 Å². The number of nitriles is 1. The minimum absolute atomic E-state index is 0.234. The zero-order valence-corrected chi connectivity index (χ0v) is 7.27. The van der Waals surface area contributed by atoms with E-state index in [4.69, 9.17) is 10.4 Å². The number of hydrogen-bond donors (Lipinski definition) is 1. The molecule has 1 N–H and O–H groups in total. The number of hydrogen-bond acceptors (Lipinski definition) is 2. The van der Waals surface area contributed by atoms with Gasteiger partial charge in [0.2, 0.25) is 0 Å². The summed E-state index contributed by atoms with van der Waals surface area (Å²) in [5.74, 6) is -1.28. The van der Waals surface area contributed by atoms with E-state index in [0.29, 0.717) is 6.07 Å². The number of aliphatic hydroxyl groups excluding tert-OH is 1. The quantitative estimate of drug-likeness (QED) is 0.736. The predicted octanol–water partition coefficient (Wildman–Crippen LogP) is 2.21. The Hall–Kier alpha value is -1.61. The second-order valence-corrected chi connectivity index (χ2v) is 2.76. The summed E-state index contributed by atoms with van der Waals surface area (Å²) in [6.07, 6.45) is -4.70. The molecule has 0 aliphatic rings. The van der Waals surface area contributed by atoms with Crippen molar-refractivity contribution in [2.24, 2.45) is 0 Å². The molecule has 0 spiro atoms. The van der Waals surface area contributed by atoms with Crippen molar-refractivity contribution in [2.75, 3.05) is 0 Å². The highest BCUT2D eigenvalue weighted by Crippen LogP contribution is 2.31. The third-order valence-corrected chi connectivity index (χ3v) is 1.78. The maximum absolute atomic E-state index is 13.0. The fourth-order valence-electron chi connectivity index (χ4n) is 1.08. The minimum atomic E-state index is -4.70. The third-order valence-electron chi connectivity index (χ3n) is 1.78. The average molecular weight is 219 g/mol. The summed E-state index contributed by atoms with van der Waals surface area (Å²) >= 11 is 0. The number of halogens is 4. The van der Waals surface area contributed by atoms with Crippen LogP contribution in [0.1, 0.15) is 16.7 Å². The maximum atomic E-state index is 13.0. The molecule has 1 rings (SSSR count). The second-order valence-electron chi connectivity index (χ2n) is 2.76. The monoisotopic (exact) mass is 219 g/mol. The summed E-state index contributed by atoms with van der Waals surface area (Å²) < 4.78 is 49.6. The lowest BCUT2D eigenvalue weighted by Gasteiger charge is -2.09. The zero-order chi connectivity index (χ0) is 11.6. The van der Waals surface area contributed by atoms with Crippen molar-refractivity contribution in [1.29, 1.82) is 5.26 Å². The minimum Gasteiger partial charge on any atom is -0.392 e. The van der Waals surface area contributed by atoms with Gasteiger partial charge in [-0.25, -0.2) is 4.39 Å². The molecule has 0 atom stereocenters. The molecule has 2 nitrogen and oxygen atoms in total. The van der Waals surface area contributed by atoms with E-state index >= 15 is 0 Å². The zero-order valence-electron chi connectivity index (χ0n) is 7.27. The largest absolute Gasteiger partial charge is 0.416 e. The standard InChI is InChI=1S/C9H5F4NO/c10-8-2-6(9(11,12)13)1-5(4-15)7(8)3-14/h1-2,15H,4H2. The van der Waals surface area contributed by atoms with Crippen LogP contribution in [0.2, 0.25) is 0 Å². The molecule has 0 saturated carbocycles. The van der Waals surface area contributed by atoms with Gasteiger partial charge in [0.1, 0.15) is 11.9 Å². The van der Waals surface area contributed by atoms with Gasteiger partial charge in [0.25, 0.3) is 0 Å². The average Bonchev–Trinajstić information content (AvgIpc) is 2.15. The van der Waals surface area contributed by atoms with Crippen molar-refractivity contribution >= 4 is 0 Å². The van der Waals surface area contributed by atoms with Crippen molar-refractivity contribution < 1.29 is 22.7 Å². The van der Waals surface area contributed by atoms with Crippen LogP contribution in [0.5, 0.6) is 0 Å². The fraction of sp³-hybridized carbons (Fsp3) is 0.222. The molecule has 0 amide bonds. The lowest BCUT2D eigenvalue weighted by atomic mass is 10.0. The molecule has 0 saturated heterocycles. The highest BCUT2D eigenvalue weighted by Gasteiger charge is 2.32. The number of nitrogens with zero attached hydrogens (tertiary/aromatic N) is 1. The van der Waals surface area contributed by atoms with Gasteiger partial charge < -0.3 is 5.11 Å². The summed E-state index contributed by atoms with van der Waals surface area (Å²) in [7, 11) is 0. The van der Waals surface area contributed by atoms with E-state index in [2.05, 4.69) is 0 Å². The van der Waals surface area contributed by atoms with Crippen LogP contribution in [0.4, 0.5) is 17.6 Å². The summed E-state index contributed by atoms with van der Waals surface area (Å²) in [6, 6.07) is 2.18. The highest BCUT2D eigenvalue weighted by atomic mass is 19.4. The normalized spacial score (nSPS) is 11.2. The Morgan fingerprint density at radius 1 is 1.33 bits per heavy atom. The first-order valence-electron chi connectivity index (χ1n) is 3.80. The molecule has 1 aromatic carbocycles. The SMILES string of the molecule is N#Cc1c(F)cc(C(F)(F)F)cc1CO. The molecule has 0 bridgehead atoms.